The molecule has 0 heterocycles. The fraction of sp³-hybridized carbons (Fsp3) is 0.588. The highest BCUT2D eigenvalue weighted by molar-refractivity contribution is 5.78. The first-order valence-electron chi connectivity index (χ1n) is 7.73. The first kappa shape index (κ1) is 15.0. The highest BCUT2D eigenvalue weighted by atomic mass is 16.1. The summed E-state index contributed by atoms with van der Waals surface area (Å²) in [6.07, 6.45) is 4.75. The van der Waals surface area contributed by atoms with Crippen molar-refractivity contribution in [2.75, 3.05) is 6.54 Å². The number of carbonyl (C=O) groups is 1. The van der Waals surface area contributed by atoms with Gasteiger partial charge in [-0.2, -0.15) is 0 Å². The molecule has 1 aromatic carbocycles. The first-order chi connectivity index (χ1) is 9.65. The summed E-state index contributed by atoms with van der Waals surface area (Å²) in [5.41, 5.74) is 1.46. The lowest BCUT2D eigenvalue weighted by Crippen LogP contribution is -2.42. The third-order valence-electron chi connectivity index (χ3n) is 4.00. The molecule has 0 saturated heterocycles. The maximum atomic E-state index is 11.6. The molecule has 3 heteroatoms. The summed E-state index contributed by atoms with van der Waals surface area (Å²) in [6, 6.07) is 11.5. The Morgan fingerprint density at radius 2 is 1.80 bits per heavy atom. The Bertz CT molecular complexity index is 408. The van der Waals surface area contributed by atoms with Crippen LogP contribution < -0.4 is 10.6 Å². The Labute approximate surface area is 122 Å². The maximum absolute atomic E-state index is 11.6. The average molecular weight is 274 g/mol. The zero-order valence-electron chi connectivity index (χ0n) is 12.6. The molecule has 3 nitrogen and oxygen atoms in total. The van der Waals surface area contributed by atoms with Gasteiger partial charge in [0.1, 0.15) is 0 Å². The second kappa shape index (κ2) is 7.44. The monoisotopic (exact) mass is 274 g/mol. The van der Waals surface area contributed by atoms with Crippen molar-refractivity contribution in [2.45, 2.75) is 57.5 Å². The summed E-state index contributed by atoms with van der Waals surface area (Å²) in [5, 5.41) is 6.30. The third kappa shape index (κ3) is 4.64. The number of rotatable bonds is 5. The molecule has 1 fully saturated rings. The maximum Gasteiger partial charge on any atom is 0.234 e. The van der Waals surface area contributed by atoms with E-state index in [-0.39, 0.29) is 11.9 Å². The molecular weight excluding hydrogens is 248 g/mol. The minimum Gasteiger partial charge on any atom is -0.353 e. The van der Waals surface area contributed by atoms with Crippen LogP contribution in [0, 0.1) is 0 Å². The predicted octanol–water partition coefficient (Wildman–Crippen LogP) is 2.83. The molecule has 0 bridgehead atoms. The molecule has 0 aliphatic heterocycles. The fourth-order valence-corrected chi connectivity index (χ4v) is 2.97. The number of hydrogen-bond donors (Lipinski definition) is 2. The van der Waals surface area contributed by atoms with Gasteiger partial charge in [0.15, 0.2) is 0 Å². The molecule has 0 spiro atoms. The zero-order chi connectivity index (χ0) is 14.4. The van der Waals surface area contributed by atoms with Crippen LogP contribution in [0.1, 0.15) is 51.0 Å². The van der Waals surface area contributed by atoms with Gasteiger partial charge in [0.05, 0.1) is 6.54 Å². The summed E-state index contributed by atoms with van der Waals surface area (Å²) in [5.74, 6) is 0.795. The highest BCUT2D eigenvalue weighted by Crippen LogP contribution is 2.32. The van der Waals surface area contributed by atoms with E-state index in [1.54, 1.807) is 0 Å². The lowest BCUT2D eigenvalue weighted by atomic mass is 9.82. The minimum absolute atomic E-state index is 0.102. The number of benzene rings is 1. The van der Waals surface area contributed by atoms with E-state index in [9.17, 15) is 4.79 Å². The van der Waals surface area contributed by atoms with Crippen molar-refractivity contribution in [3.05, 3.63) is 35.9 Å². The van der Waals surface area contributed by atoms with Crippen LogP contribution in [-0.2, 0) is 4.79 Å². The van der Waals surface area contributed by atoms with E-state index in [0.717, 1.165) is 12.8 Å². The third-order valence-corrected chi connectivity index (χ3v) is 4.00. The Morgan fingerprint density at radius 3 is 2.40 bits per heavy atom. The van der Waals surface area contributed by atoms with Crippen LogP contribution in [0.15, 0.2) is 30.3 Å². The SMILES string of the molecule is CC(C)NC(=O)CNC1CCC(c2ccccc2)CC1. The molecule has 1 amide bonds. The Kier molecular flexibility index (Phi) is 5.60. The van der Waals surface area contributed by atoms with E-state index in [0.29, 0.717) is 18.5 Å². The molecule has 2 N–H and O–H groups in total. The second-order valence-corrected chi connectivity index (χ2v) is 6.06. The molecule has 0 unspecified atom stereocenters. The van der Waals surface area contributed by atoms with Gasteiger partial charge in [0, 0.05) is 12.1 Å². The van der Waals surface area contributed by atoms with Crippen molar-refractivity contribution in [1.29, 1.82) is 0 Å². The molecular formula is C17H26N2O. The van der Waals surface area contributed by atoms with Crippen molar-refractivity contribution in [2.24, 2.45) is 0 Å². The Balaban J connectivity index is 1.71. The minimum atomic E-state index is 0.102. The largest absolute Gasteiger partial charge is 0.353 e. The summed E-state index contributed by atoms with van der Waals surface area (Å²) in [4.78, 5) is 11.6. The van der Waals surface area contributed by atoms with Gasteiger partial charge in [-0.3, -0.25) is 4.79 Å². The molecule has 1 aromatic rings. The number of amides is 1. The van der Waals surface area contributed by atoms with Crippen LogP contribution in [0.4, 0.5) is 0 Å². The van der Waals surface area contributed by atoms with Crippen molar-refractivity contribution < 1.29 is 4.79 Å². The van der Waals surface area contributed by atoms with Gasteiger partial charge in [-0.05, 0) is 51.0 Å². The van der Waals surface area contributed by atoms with Gasteiger partial charge in [-0.25, -0.2) is 0 Å². The second-order valence-electron chi connectivity index (χ2n) is 6.06. The Morgan fingerprint density at radius 1 is 1.15 bits per heavy atom. The lowest BCUT2D eigenvalue weighted by molar-refractivity contribution is -0.120. The smallest absolute Gasteiger partial charge is 0.234 e. The van der Waals surface area contributed by atoms with Crippen molar-refractivity contribution in [3.8, 4) is 0 Å². The van der Waals surface area contributed by atoms with Crippen LogP contribution >= 0.6 is 0 Å². The summed E-state index contributed by atoms with van der Waals surface area (Å²) in [7, 11) is 0. The van der Waals surface area contributed by atoms with E-state index in [2.05, 4.69) is 41.0 Å². The molecule has 0 aromatic heterocycles. The number of hydrogen-bond acceptors (Lipinski definition) is 2. The van der Waals surface area contributed by atoms with E-state index in [4.69, 9.17) is 0 Å². The molecule has 0 radical (unpaired) electrons. The highest BCUT2D eigenvalue weighted by Gasteiger charge is 2.22. The molecule has 20 heavy (non-hydrogen) atoms. The van der Waals surface area contributed by atoms with Crippen LogP contribution in [0.5, 0.6) is 0 Å². The van der Waals surface area contributed by atoms with Gasteiger partial charge in [-0.15, -0.1) is 0 Å². The van der Waals surface area contributed by atoms with Crippen molar-refractivity contribution in [3.63, 3.8) is 0 Å². The summed E-state index contributed by atoms with van der Waals surface area (Å²) >= 11 is 0. The summed E-state index contributed by atoms with van der Waals surface area (Å²) < 4.78 is 0. The van der Waals surface area contributed by atoms with E-state index >= 15 is 0 Å². The molecule has 1 aliphatic carbocycles. The molecule has 0 atom stereocenters. The van der Waals surface area contributed by atoms with Gasteiger partial charge in [-0.1, -0.05) is 30.3 Å². The number of nitrogens with one attached hydrogen (secondary N) is 2. The first-order valence-corrected chi connectivity index (χ1v) is 7.73. The van der Waals surface area contributed by atoms with Crippen molar-refractivity contribution >= 4 is 5.91 Å². The van der Waals surface area contributed by atoms with Gasteiger partial charge in [0.25, 0.3) is 0 Å². The quantitative estimate of drug-likeness (QED) is 0.867. The Hall–Kier alpha value is -1.35. The topological polar surface area (TPSA) is 41.1 Å². The van der Waals surface area contributed by atoms with Gasteiger partial charge < -0.3 is 10.6 Å². The average Bonchev–Trinajstić information content (AvgIpc) is 2.46. The van der Waals surface area contributed by atoms with Gasteiger partial charge >= 0.3 is 0 Å². The van der Waals surface area contributed by atoms with Crippen LogP contribution in [0.3, 0.4) is 0 Å². The van der Waals surface area contributed by atoms with Crippen LogP contribution in [-0.4, -0.2) is 24.5 Å². The van der Waals surface area contributed by atoms with E-state index < -0.39 is 0 Å². The van der Waals surface area contributed by atoms with E-state index in [1.165, 1.54) is 18.4 Å². The fourth-order valence-electron chi connectivity index (χ4n) is 2.97. The molecule has 1 saturated carbocycles. The lowest BCUT2D eigenvalue weighted by Gasteiger charge is -2.29. The van der Waals surface area contributed by atoms with E-state index in [1.807, 2.05) is 13.8 Å². The normalized spacial score (nSPS) is 22.8. The number of carbonyl (C=O) groups excluding carboxylic acids is 1. The standard InChI is InChI=1S/C17H26N2O/c1-13(2)19-17(20)12-18-16-10-8-15(9-11-16)14-6-4-3-5-7-14/h3-7,13,15-16,18H,8-12H2,1-2H3,(H,19,20). The van der Waals surface area contributed by atoms with Gasteiger partial charge in [0.2, 0.25) is 5.91 Å². The predicted molar refractivity (Wildman–Crippen MR) is 82.7 cm³/mol. The molecule has 1 aliphatic rings. The molecule has 2 rings (SSSR count). The van der Waals surface area contributed by atoms with Crippen LogP contribution in [0.25, 0.3) is 0 Å². The van der Waals surface area contributed by atoms with Crippen molar-refractivity contribution in [1.82, 2.24) is 10.6 Å². The summed E-state index contributed by atoms with van der Waals surface area (Å²) in [6.45, 7) is 4.42. The zero-order valence-corrected chi connectivity index (χ0v) is 12.6. The molecule has 110 valence electrons. The van der Waals surface area contributed by atoms with Crippen LogP contribution in [0.2, 0.25) is 0 Å².